The molecule has 5 aromatic heterocycles. The number of nitrogen functional groups attached to an aromatic ring is 1. The number of hydrogen-bond donors (Lipinski definition) is 4. The maximum absolute atomic E-state index is 11.4. The average Bonchev–Trinajstić information content (AvgIpc) is 3.86. The predicted molar refractivity (Wildman–Crippen MR) is 165 cm³/mol. The number of nitrogens with one attached hydrogen (secondary N) is 2. The quantitative estimate of drug-likeness (QED) is 0.146. The zero-order chi connectivity index (χ0) is 34.2. The molecular formula is C27H36N12O7. The molecule has 0 aliphatic heterocycles. The van der Waals surface area contributed by atoms with Gasteiger partial charge in [0, 0.05) is 25.2 Å². The van der Waals surface area contributed by atoms with Crippen LogP contribution in [0.3, 0.4) is 0 Å². The van der Waals surface area contributed by atoms with Gasteiger partial charge >= 0.3 is 11.9 Å². The predicted octanol–water partition coefficient (Wildman–Crippen LogP) is 1.79. The van der Waals surface area contributed by atoms with Crippen LogP contribution in [-0.2, 0) is 9.47 Å². The molecule has 0 unspecified atom stereocenters. The van der Waals surface area contributed by atoms with Gasteiger partial charge in [-0.3, -0.25) is 5.10 Å². The lowest BCUT2D eigenvalue weighted by atomic mass is 10.3. The van der Waals surface area contributed by atoms with Crippen molar-refractivity contribution in [3.63, 3.8) is 0 Å². The Bertz CT molecular complexity index is 1730. The van der Waals surface area contributed by atoms with Gasteiger partial charge in [0.1, 0.15) is 22.4 Å². The van der Waals surface area contributed by atoms with Crippen molar-refractivity contribution in [1.29, 1.82) is 5.41 Å². The summed E-state index contributed by atoms with van der Waals surface area (Å²) in [5.74, 6) is -0.129. The number of carbonyl (C=O) groups is 2. The number of nitrogens with two attached hydrogens (primary N) is 1. The van der Waals surface area contributed by atoms with E-state index in [1.165, 1.54) is 69.0 Å². The van der Waals surface area contributed by atoms with Crippen LogP contribution >= 0.6 is 0 Å². The van der Waals surface area contributed by atoms with Crippen LogP contribution in [0.25, 0.3) is 22.9 Å². The topological polar surface area (TPSA) is 257 Å². The molecule has 0 saturated heterocycles. The van der Waals surface area contributed by atoms with Gasteiger partial charge in [-0.05, 0) is 6.92 Å². The van der Waals surface area contributed by atoms with Gasteiger partial charge in [0.05, 0.1) is 58.2 Å². The van der Waals surface area contributed by atoms with Gasteiger partial charge in [0.2, 0.25) is 11.8 Å². The molecular weight excluding hydrogens is 604 g/mol. The molecule has 0 aliphatic rings. The molecule has 0 radical (unpaired) electrons. The summed E-state index contributed by atoms with van der Waals surface area (Å²) in [6.45, 7) is 6.18. The minimum atomic E-state index is -0.522. The summed E-state index contributed by atoms with van der Waals surface area (Å²) in [4.78, 5) is 39.3. The number of nitrogens with zero attached hydrogens (tertiary/aromatic N) is 9. The molecule has 5 aromatic rings. The first-order valence-corrected chi connectivity index (χ1v) is 13.5. The lowest BCUT2D eigenvalue weighted by molar-refractivity contribution is 0.0592. The molecule has 0 amide bonds. The van der Waals surface area contributed by atoms with Crippen LogP contribution in [0.4, 0.5) is 5.69 Å². The number of aromatic nitrogens is 10. The van der Waals surface area contributed by atoms with E-state index in [2.05, 4.69) is 63.7 Å². The molecule has 0 spiro atoms. The molecule has 0 fully saturated rings. The number of fused-ring (bicyclic) bond motifs is 1. The van der Waals surface area contributed by atoms with Crippen LogP contribution in [-0.4, -0.2) is 108 Å². The van der Waals surface area contributed by atoms with Crippen molar-refractivity contribution in [2.24, 2.45) is 0 Å². The Kier molecular flexibility index (Phi) is 14.1. The lowest BCUT2D eigenvalue weighted by Crippen LogP contribution is -2.09. The number of H-pyrrole nitrogens is 1. The number of aliphatic hydroxyl groups excluding tert-OH is 1. The van der Waals surface area contributed by atoms with Crippen LogP contribution in [0.5, 0.6) is 11.8 Å². The minimum Gasteiger partial charge on any atom is -0.479 e. The summed E-state index contributed by atoms with van der Waals surface area (Å²) in [6, 6.07) is 0. The molecule has 19 nitrogen and oxygen atoms in total. The van der Waals surface area contributed by atoms with Crippen LogP contribution in [0.15, 0.2) is 31.0 Å². The van der Waals surface area contributed by atoms with E-state index < -0.39 is 11.9 Å². The third-order valence-electron chi connectivity index (χ3n) is 5.12. The fraction of sp³-hybridized carbons (Fsp3) is 0.333. The molecule has 0 aliphatic carbocycles. The summed E-state index contributed by atoms with van der Waals surface area (Å²) in [5, 5.41) is 29.4. The van der Waals surface area contributed by atoms with E-state index in [1.54, 1.807) is 13.1 Å². The Hall–Kier alpha value is -5.98. The number of carbonyl (C=O) groups excluding carboxylic acids is 2. The molecule has 5 heterocycles. The zero-order valence-corrected chi connectivity index (χ0v) is 26.4. The maximum Gasteiger partial charge on any atom is 0.341 e. The van der Waals surface area contributed by atoms with E-state index in [4.69, 9.17) is 25.7 Å². The normalized spacial score (nSPS) is 9.83. The van der Waals surface area contributed by atoms with Crippen LogP contribution in [0.2, 0.25) is 0 Å². The smallest absolute Gasteiger partial charge is 0.341 e. The van der Waals surface area contributed by atoms with Gasteiger partial charge in [0.15, 0.2) is 0 Å². The van der Waals surface area contributed by atoms with E-state index in [-0.39, 0.29) is 41.3 Å². The average molecular weight is 641 g/mol. The fourth-order valence-electron chi connectivity index (χ4n) is 3.18. The van der Waals surface area contributed by atoms with E-state index >= 15 is 0 Å². The SMILES string of the molecule is CCC.CCO.COC(=O)c1cnn(-c2nc(C=N)c(N)c(OC)n2)c1.COC(=O)c1cnn(-c2nc(OC)c3[nH]ncc3n2)c1. The number of methoxy groups -OCH3 is 4. The number of esters is 2. The van der Waals surface area contributed by atoms with Crippen molar-refractivity contribution in [3.05, 3.63) is 47.8 Å². The van der Waals surface area contributed by atoms with Crippen LogP contribution in [0.1, 0.15) is 53.6 Å². The molecule has 19 heteroatoms. The molecule has 0 bridgehead atoms. The second kappa shape index (κ2) is 18.0. The lowest BCUT2D eigenvalue weighted by Gasteiger charge is -2.07. The number of rotatable bonds is 7. The first-order chi connectivity index (χ1) is 22.2. The molecule has 5 rings (SSSR count). The molecule has 0 aromatic carbocycles. The highest BCUT2D eigenvalue weighted by atomic mass is 16.5. The summed E-state index contributed by atoms with van der Waals surface area (Å²) < 4.78 is 22.0. The first kappa shape index (κ1) is 36.2. The van der Waals surface area contributed by atoms with Crippen molar-refractivity contribution in [2.45, 2.75) is 27.2 Å². The van der Waals surface area contributed by atoms with E-state index in [0.717, 1.165) is 6.21 Å². The van der Waals surface area contributed by atoms with Gasteiger partial charge in [-0.25, -0.2) is 28.9 Å². The third-order valence-corrected chi connectivity index (χ3v) is 5.12. The van der Waals surface area contributed by atoms with Crippen molar-refractivity contribution in [3.8, 4) is 23.7 Å². The summed E-state index contributed by atoms with van der Waals surface area (Å²) in [5.41, 5.74) is 7.82. The van der Waals surface area contributed by atoms with Crippen molar-refractivity contribution < 1.29 is 33.6 Å². The number of anilines is 1. The van der Waals surface area contributed by atoms with Crippen LogP contribution < -0.4 is 15.2 Å². The Morgan fingerprint density at radius 3 is 1.80 bits per heavy atom. The Morgan fingerprint density at radius 1 is 0.870 bits per heavy atom. The first-order valence-electron chi connectivity index (χ1n) is 13.5. The molecule has 5 N–H and O–H groups in total. The van der Waals surface area contributed by atoms with Gasteiger partial charge in [-0.1, -0.05) is 20.3 Å². The van der Waals surface area contributed by atoms with Gasteiger partial charge in [0.25, 0.3) is 11.9 Å². The monoisotopic (exact) mass is 640 g/mol. The van der Waals surface area contributed by atoms with E-state index in [1.807, 2.05) is 0 Å². The summed E-state index contributed by atoms with van der Waals surface area (Å²) >= 11 is 0. The Balaban J connectivity index is 0.000000274. The number of aromatic amines is 1. The summed E-state index contributed by atoms with van der Waals surface area (Å²) in [6.07, 6.45) is 9.36. The van der Waals surface area contributed by atoms with Gasteiger partial charge in [-0.15, -0.1) is 0 Å². The highest BCUT2D eigenvalue weighted by Crippen LogP contribution is 2.22. The molecule has 0 atom stereocenters. The van der Waals surface area contributed by atoms with Gasteiger partial charge in [-0.2, -0.15) is 25.3 Å². The number of ether oxygens (including phenoxy) is 4. The molecule has 0 saturated carbocycles. The fourth-order valence-corrected chi connectivity index (χ4v) is 3.18. The van der Waals surface area contributed by atoms with E-state index in [9.17, 15) is 9.59 Å². The number of aliphatic hydroxyl groups is 1. The van der Waals surface area contributed by atoms with Crippen molar-refractivity contribution in [2.75, 3.05) is 40.8 Å². The highest BCUT2D eigenvalue weighted by Gasteiger charge is 2.16. The van der Waals surface area contributed by atoms with E-state index in [0.29, 0.717) is 22.5 Å². The van der Waals surface area contributed by atoms with Crippen molar-refractivity contribution >= 4 is 34.9 Å². The zero-order valence-electron chi connectivity index (χ0n) is 26.4. The van der Waals surface area contributed by atoms with Crippen molar-refractivity contribution in [1.82, 2.24) is 49.7 Å². The maximum atomic E-state index is 11.4. The molecule has 46 heavy (non-hydrogen) atoms. The third kappa shape index (κ3) is 9.02. The minimum absolute atomic E-state index is 0.128. The molecule has 246 valence electrons. The second-order valence-corrected chi connectivity index (χ2v) is 8.49. The Morgan fingerprint density at radius 2 is 1.35 bits per heavy atom. The highest BCUT2D eigenvalue weighted by molar-refractivity contribution is 5.89. The van der Waals surface area contributed by atoms with Gasteiger partial charge < -0.3 is 35.2 Å². The number of hydrogen-bond acceptors (Lipinski definition) is 16. The second-order valence-electron chi connectivity index (χ2n) is 8.49. The van der Waals surface area contributed by atoms with Crippen LogP contribution in [0, 0.1) is 5.41 Å². The standard InChI is InChI=1S/C11H10N6O3.C11H12N6O3.C3H8.C2H6O/c1-19-9-8-7(4-12-16-8)14-11(15-9)17-5-6(3-13-17)10(18)20-2;1-19-9-8(13)7(3-12)15-11(16-9)17-5-6(4-14-17)10(18)20-2;1-3-2;1-2-3/h3-5H,1-2H3,(H,12,16);3-5,12H,13H2,1-2H3;3H2,1-2H3;3H,2H2,1H3. The largest absolute Gasteiger partial charge is 0.479 e. The Labute approximate surface area is 263 Å². The summed E-state index contributed by atoms with van der Waals surface area (Å²) in [7, 11) is 5.47.